The zero-order chi connectivity index (χ0) is 17.7. The van der Waals surface area contributed by atoms with Gasteiger partial charge < -0.3 is 5.21 Å². The lowest BCUT2D eigenvalue weighted by Gasteiger charge is -2.13. The molecule has 0 atom stereocenters. The number of benzene rings is 2. The van der Waals surface area contributed by atoms with Crippen LogP contribution in [0.3, 0.4) is 0 Å². The van der Waals surface area contributed by atoms with E-state index in [0.717, 1.165) is 12.0 Å². The fourth-order valence-electron chi connectivity index (χ4n) is 2.76. The number of nitro groups is 1. The van der Waals surface area contributed by atoms with Gasteiger partial charge in [0.1, 0.15) is 0 Å². The molecule has 0 saturated heterocycles. The lowest BCUT2D eigenvalue weighted by molar-refractivity contribution is -0.386. The normalized spacial score (nSPS) is 11.5. The van der Waals surface area contributed by atoms with Gasteiger partial charge in [-0.1, -0.05) is 60.4 Å². The molecule has 0 fully saturated rings. The summed E-state index contributed by atoms with van der Waals surface area (Å²) in [7, 11) is 0. The highest BCUT2D eigenvalue weighted by Crippen LogP contribution is 2.32. The molecule has 0 aliphatic rings. The molecule has 2 aromatic carbocycles. The Labute approximate surface area is 145 Å². The Bertz CT molecular complexity index is 788. The number of hydrogen-bond donors (Lipinski definition) is 1. The molecule has 0 aromatic heterocycles. The molecule has 126 valence electrons. The second-order valence-corrected chi connectivity index (χ2v) is 5.99. The van der Waals surface area contributed by atoms with Crippen LogP contribution in [0.25, 0.3) is 0 Å². The summed E-state index contributed by atoms with van der Waals surface area (Å²) >= 11 is 6.22. The average Bonchev–Trinajstić information content (AvgIpc) is 2.55. The SMILES string of the molecule is CCCC(=NO)c1ccc(C)c([N+](=O)[O-])c1Cc1ccccc1Cl. The van der Waals surface area contributed by atoms with Crippen molar-refractivity contribution in [1.82, 2.24) is 0 Å². The lowest BCUT2D eigenvalue weighted by Crippen LogP contribution is -2.10. The van der Waals surface area contributed by atoms with Gasteiger partial charge in [0.25, 0.3) is 5.69 Å². The first kappa shape index (κ1) is 17.9. The minimum absolute atomic E-state index is 0.0460. The topological polar surface area (TPSA) is 75.7 Å². The molecule has 5 nitrogen and oxygen atoms in total. The molecule has 0 heterocycles. The van der Waals surface area contributed by atoms with E-state index in [0.29, 0.717) is 40.3 Å². The molecule has 6 heteroatoms. The fraction of sp³-hybridized carbons (Fsp3) is 0.278. The van der Waals surface area contributed by atoms with Crippen molar-refractivity contribution in [3.8, 4) is 0 Å². The number of nitro benzene ring substituents is 1. The highest BCUT2D eigenvalue weighted by Gasteiger charge is 2.24. The van der Waals surface area contributed by atoms with Gasteiger partial charge in [-0.15, -0.1) is 0 Å². The summed E-state index contributed by atoms with van der Waals surface area (Å²) in [5, 5.41) is 24.9. The molecular formula is C18H19ClN2O3. The fourth-order valence-corrected chi connectivity index (χ4v) is 2.97. The van der Waals surface area contributed by atoms with Crippen molar-refractivity contribution in [1.29, 1.82) is 0 Å². The van der Waals surface area contributed by atoms with Crippen molar-refractivity contribution in [3.05, 3.63) is 73.8 Å². The van der Waals surface area contributed by atoms with Gasteiger partial charge in [0.05, 0.1) is 10.6 Å². The van der Waals surface area contributed by atoms with Crippen LogP contribution in [-0.2, 0) is 6.42 Å². The molecule has 24 heavy (non-hydrogen) atoms. The number of hydrogen-bond acceptors (Lipinski definition) is 4. The van der Waals surface area contributed by atoms with Gasteiger partial charge in [0.2, 0.25) is 0 Å². The van der Waals surface area contributed by atoms with Crippen LogP contribution in [0.2, 0.25) is 5.02 Å². The lowest BCUT2D eigenvalue weighted by atomic mass is 9.91. The third-order valence-corrected chi connectivity index (χ3v) is 4.28. The van der Waals surface area contributed by atoms with E-state index in [1.54, 1.807) is 25.1 Å². The average molecular weight is 347 g/mol. The molecule has 0 amide bonds. The molecule has 0 spiro atoms. The maximum atomic E-state index is 11.6. The van der Waals surface area contributed by atoms with Crippen LogP contribution >= 0.6 is 11.6 Å². The molecule has 2 aromatic rings. The Morgan fingerprint density at radius 2 is 2.00 bits per heavy atom. The number of aryl methyl sites for hydroxylation is 1. The highest BCUT2D eigenvalue weighted by atomic mass is 35.5. The molecule has 0 bridgehead atoms. The first-order valence-corrected chi connectivity index (χ1v) is 8.09. The first-order valence-electron chi connectivity index (χ1n) is 7.71. The van der Waals surface area contributed by atoms with E-state index in [1.165, 1.54) is 0 Å². The van der Waals surface area contributed by atoms with Crippen molar-refractivity contribution < 1.29 is 10.1 Å². The Balaban J connectivity index is 2.67. The predicted molar refractivity (Wildman–Crippen MR) is 95.3 cm³/mol. The zero-order valence-electron chi connectivity index (χ0n) is 13.6. The second-order valence-electron chi connectivity index (χ2n) is 5.58. The van der Waals surface area contributed by atoms with Gasteiger partial charge in [0.15, 0.2) is 0 Å². The van der Waals surface area contributed by atoms with E-state index >= 15 is 0 Å². The molecule has 0 aliphatic heterocycles. The molecule has 0 unspecified atom stereocenters. The largest absolute Gasteiger partial charge is 0.411 e. The summed E-state index contributed by atoms with van der Waals surface area (Å²) in [6, 6.07) is 10.7. The summed E-state index contributed by atoms with van der Waals surface area (Å²) in [5.74, 6) is 0. The van der Waals surface area contributed by atoms with Crippen LogP contribution in [-0.4, -0.2) is 15.8 Å². The molecular weight excluding hydrogens is 328 g/mol. The standard InChI is InChI=1S/C18H19ClN2O3/c1-3-6-17(20-22)14-10-9-12(2)18(21(23)24)15(14)11-13-7-4-5-8-16(13)19/h4-5,7-10,22H,3,6,11H2,1-2H3. The summed E-state index contributed by atoms with van der Waals surface area (Å²) in [5.41, 5.74) is 2.97. The summed E-state index contributed by atoms with van der Waals surface area (Å²) in [6.07, 6.45) is 1.61. The number of oxime groups is 1. The van der Waals surface area contributed by atoms with Crippen LogP contribution in [0.1, 0.15) is 42.0 Å². The second kappa shape index (κ2) is 7.93. The van der Waals surface area contributed by atoms with Gasteiger partial charge in [-0.2, -0.15) is 0 Å². The van der Waals surface area contributed by atoms with Crippen LogP contribution < -0.4 is 0 Å². The van der Waals surface area contributed by atoms with E-state index in [4.69, 9.17) is 11.6 Å². The van der Waals surface area contributed by atoms with Gasteiger partial charge in [0, 0.05) is 28.1 Å². The van der Waals surface area contributed by atoms with Gasteiger partial charge in [-0.3, -0.25) is 10.1 Å². The van der Waals surface area contributed by atoms with Crippen molar-refractivity contribution >= 4 is 23.0 Å². The minimum Gasteiger partial charge on any atom is -0.411 e. The van der Waals surface area contributed by atoms with E-state index in [1.807, 2.05) is 25.1 Å². The number of nitrogens with zero attached hydrogens (tertiary/aromatic N) is 2. The van der Waals surface area contributed by atoms with Crippen LogP contribution in [0.4, 0.5) is 5.69 Å². The number of halogens is 1. The molecule has 0 aliphatic carbocycles. The van der Waals surface area contributed by atoms with Gasteiger partial charge in [-0.25, -0.2) is 0 Å². The van der Waals surface area contributed by atoms with Crippen LogP contribution in [0.15, 0.2) is 41.6 Å². The van der Waals surface area contributed by atoms with E-state index in [-0.39, 0.29) is 10.6 Å². The molecule has 2 rings (SSSR count). The Morgan fingerprint density at radius 1 is 1.29 bits per heavy atom. The van der Waals surface area contributed by atoms with E-state index in [9.17, 15) is 15.3 Å². The highest BCUT2D eigenvalue weighted by molar-refractivity contribution is 6.31. The third-order valence-electron chi connectivity index (χ3n) is 3.91. The smallest absolute Gasteiger partial charge is 0.276 e. The first-order chi connectivity index (χ1) is 11.5. The number of rotatable bonds is 6. The molecule has 0 radical (unpaired) electrons. The minimum atomic E-state index is -0.383. The Morgan fingerprint density at radius 3 is 2.58 bits per heavy atom. The van der Waals surface area contributed by atoms with Crippen molar-refractivity contribution in [2.75, 3.05) is 0 Å². The van der Waals surface area contributed by atoms with Gasteiger partial charge in [-0.05, 0) is 25.0 Å². The van der Waals surface area contributed by atoms with Crippen molar-refractivity contribution in [3.63, 3.8) is 0 Å². The van der Waals surface area contributed by atoms with Gasteiger partial charge >= 0.3 is 0 Å². The monoisotopic (exact) mass is 346 g/mol. The molecule has 0 saturated carbocycles. The maximum absolute atomic E-state index is 11.6. The van der Waals surface area contributed by atoms with Crippen molar-refractivity contribution in [2.45, 2.75) is 33.1 Å². The Kier molecular flexibility index (Phi) is 5.93. The van der Waals surface area contributed by atoms with E-state index < -0.39 is 0 Å². The van der Waals surface area contributed by atoms with Crippen LogP contribution in [0, 0.1) is 17.0 Å². The van der Waals surface area contributed by atoms with Crippen molar-refractivity contribution in [2.24, 2.45) is 5.16 Å². The van der Waals surface area contributed by atoms with Crippen LogP contribution in [0.5, 0.6) is 0 Å². The summed E-state index contributed by atoms with van der Waals surface area (Å²) in [6.45, 7) is 3.66. The van der Waals surface area contributed by atoms with E-state index in [2.05, 4.69) is 5.16 Å². The third kappa shape index (κ3) is 3.74. The summed E-state index contributed by atoms with van der Waals surface area (Å²) < 4.78 is 0. The quantitative estimate of drug-likeness (QED) is 0.341. The zero-order valence-corrected chi connectivity index (χ0v) is 14.4. The molecule has 1 N–H and O–H groups in total. The summed E-state index contributed by atoms with van der Waals surface area (Å²) in [4.78, 5) is 11.2. The maximum Gasteiger partial charge on any atom is 0.276 e. The predicted octanol–water partition coefficient (Wildman–Crippen LogP) is 5.13. The Hall–Kier alpha value is -2.40.